The molecule has 1 atom stereocenters. The van der Waals surface area contributed by atoms with Gasteiger partial charge in [0.15, 0.2) is 29.1 Å². The topological polar surface area (TPSA) is 65.2 Å². The summed E-state index contributed by atoms with van der Waals surface area (Å²) in [5, 5.41) is 2.48. The summed E-state index contributed by atoms with van der Waals surface area (Å²) in [6.07, 6.45) is 1.29. The molecule has 0 aliphatic heterocycles. The van der Waals surface area contributed by atoms with Crippen molar-refractivity contribution in [3.05, 3.63) is 81.0 Å². The molecule has 0 aliphatic carbocycles. The average molecular weight is 425 g/mol. The van der Waals surface area contributed by atoms with E-state index in [4.69, 9.17) is 0 Å². The van der Waals surface area contributed by atoms with Crippen molar-refractivity contribution in [2.24, 2.45) is 0 Å². The van der Waals surface area contributed by atoms with Crippen molar-refractivity contribution in [2.45, 2.75) is 19.5 Å². The standard InChI is InChI=1S/C20H16F5N3O2/c1-9(13-8-26-19(29)12-6-15(22)14(21)5-11(12)13)28(2)20(30)27-7-10-3-16(23)18(25)17(24)4-10/h3-6,8-9H,7H2,1-2H3,(H,26,29)(H,27,30). The molecule has 30 heavy (non-hydrogen) atoms. The fraction of sp³-hybridized carbons (Fsp3) is 0.200. The number of hydrogen-bond acceptors (Lipinski definition) is 2. The number of nitrogens with one attached hydrogen (secondary N) is 2. The predicted molar refractivity (Wildman–Crippen MR) is 99.2 cm³/mol. The highest BCUT2D eigenvalue weighted by atomic mass is 19.2. The Labute approximate surface area is 167 Å². The Bertz CT molecular complexity index is 1170. The number of carbonyl (C=O) groups is 1. The Hall–Kier alpha value is -3.43. The van der Waals surface area contributed by atoms with Crippen LogP contribution in [0.1, 0.15) is 24.1 Å². The third-order valence-corrected chi connectivity index (χ3v) is 4.81. The van der Waals surface area contributed by atoms with Gasteiger partial charge in [0.25, 0.3) is 5.56 Å². The maximum absolute atomic E-state index is 13.7. The largest absolute Gasteiger partial charge is 0.334 e. The van der Waals surface area contributed by atoms with Gasteiger partial charge in [0.2, 0.25) is 0 Å². The summed E-state index contributed by atoms with van der Waals surface area (Å²) in [5.41, 5.74) is -0.264. The molecule has 1 aromatic heterocycles. The number of pyridine rings is 1. The number of H-pyrrole nitrogens is 1. The lowest BCUT2D eigenvalue weighted by atomic mass is 10.0. The van der Waals surface area contributed by atoms with Gasteiger partial charge >= 0.3 is 6.03 Å². The van der Waals surface area contributed by atoms with Gasteiger partial charge in [-0.2, -0.15) is 0 Å². The van der Waals surface area contributed by atoms with Crippen LogP contribution in [-0.4, -0.2) is 23.0 Å². The highest BCUT2D eigenvalue weighted by molar-refractivity contribution is 5.86. The molecule has 1 unspecified atom stereocenters. The quantitative estimate of drug-likeness (QED) is 0.488. The lowest BCUT2D eigenvalue weighted by Crippen LogP contribution is -2.38. The molecule has 0 saturated heterocycles. The van der Waals surface area contributed by atoms with Crippen molar-refractivity contribution in [3.63, 3.8) is 0 Å². The number of halogens is 5. The zero-order valence-corrected chi connectivity index (χ0v) is 15.8. The fourth-order valence-corrected chi connectivity index (χ4v) is 3.01. The molecule has 2 amide bonds. The normalized spacial score (nSPS) is 12.1. The Morgan fingerprint density at radius 3 is 2.17 bits per heavy atom. The van der Waals surface area contributed by atoms with Gasteiger partial charge in [-0.15, -0.1) is 0 Å². The summed E-state index contributed by atoms with van der Waals surface area (Å²) in [7, 11) is 1.41. The number of aromatic nitrogens is 1. The van der Waals surface area contributed by atoms with Gasteiger partial charge in [0.05, 0.1) is 11.4 Å². The van der Waals surface area contributed by atoms with Crippen LogP contribution in [0.2, 0.25) is 0 Å². The Morgan fingerprint density at radius 2 is 1.57 bits per heavy atom. The van der Waals surface area contributed by atoms with Gasteiger partial charge in [0, 0.05) is 19.8 Å². The first-order valence-electron chi connectivity index (χ1n) is 8.74. The van der Waals surface area contributed by atoms with Crippen molar-refractivity contribution in [2.75, 3.05) is 7.05 Å². The third-order valence-electron chi connectivity index (χ3n) is 4.81. The zero-order valence-electron chi connectivity index (χ0n) is 15.8. The minimum absolute atomic E-state index is 0.00726. The number of urea groups is 1. The second kappa shape index (κ2) is 8.13. The lowest BCUT2D eigenvalue weighted by Gasteiger charge is -2.26. The second-order valence-corrected chi connectivity index (χ2v) is 6.70. The van der Waals surface area contributed by atoms with Crippen LogP contribution in [0.3, 0.4) is 0 Å². The minimum Gasteiger partial charge on any atom is -0.334 e. The molecular weight excluding hydrogens is 409 g/mol. The summed E-state index contributed by atoms with van der Waals surface area (Å²) in [4.78, 5) is 28.0. The van der Waals surface area contributed by atoms with Crippen LogP contribution in [0.4, 0.5) is 26.7 Å². The maximum Gasteiger partial charge on any atom is 0.317 e. The van der Waals surface area contributed by atoms with E-state index < -0.39 is 46.7 Å². The molecule has 10 heteroatoms. The Morgan fingerprint density at radius 1 is 1.00 bits per heavy atom. The molecule has 0 bridgehead atoms. The highest BCUT2D eigenvalue weighted by Gasteiger charge is 2.21. The van der Waals surface area contributed by atoms with Gasteiger partial charge in [-0.25, -0.2) is 26.7 Å². The summed E-state index contributed by atoms with van der Waals surface area (Å²) in [6.45, 7) is 1.31. The number of nitrogens with zero attached hydrogens (tertiary/aromatic N) is 1. The Kier molecular flexibility index (Phi) is 5.77. The summed E-state index contributed by atoms with van der Waals surface area (Å²) in [6, 6.07) is 1.81. The van der Waals surface area contributed by atoms with Crippen molar-refractivity contribution in [3.8, 4) is 0 Å². The van der Waals surface area contributed by atoms with E-state index in [1.807, 2.05) is 0 Å². The number of hydrogen-bond donors (Lipinski definition) is 2. The zero-order chi connectivity index (χ0) is 22.2. The van der Waals surface area contributed by atoms with Crippen molar-refractivity contribution in [1.29, 1.82) is 0 Å². The molecule has 1 heterocycles. The van der Waals surface area contributed by atoms with Crippen LogP contribution in [0, 0.1) is 29.1 Å². The molecule has 0 fully saturated rings. The molecular formula is C20H16F5N3O2. The first kappa shape index (κ1) is 21.3. The monoisotopic (exact) mass is 425 g/mol. The predicted octanol–water partition coefficient (Wildman–Crippen LogP) is 4.13. The van der Waals surface area contributed by atoms with Crippen molar-refractivity contribution >= 4 is 16.8 Å². The number of benzene rings is 2. The molecule has 5 nitrogen and oxygen atoms in total. The minimum atomic E-state index is -1.61. The number of fused-ring (bicyclic) bond motifs is 1. The van der Waals surface area contributed by atoms with Crippen LogP contribution < -0.4 is 10.9 Å². The van der Waals surface area contributed by atoms with Crippen LogP contribution in [-0.2, 0) is 6.54 Å². The number of amides is 2. The molecule has 0 radical (unpaired) electrons. The van der Waals surface area contributed by atoms with Gasteiger partial charge in [0.1, 0.15) is 0 Å². The first-order chi connectivity index (χ1) is 14.1. The van der Waals surface area contributed by atoms with Crippen LogP contribution >= 0.6 is 0 Å². The maximum atomic E-state index is 13.7. The summed E-state index contributed by atoms with van der Waals surface area (Å²) < 4.78 is 66.8. The van der Waals surface area contributed by atoms with E-state index in [0.29, 0.717) is 5.56 Å². The van der Waals surface area contributed by atoms with Gasteiger partial charge in [-0.3, -0.25) is 4.79 Å². The van der Waals surface area contributed by atoms with Crippen LogP contribution in [0.15, 0.2) is 35.3 Å². The van der Waals surface area contributed by atoms with E-state index in [-0.39, 0.29) is 22.9 Å². The highest BCUT2D eigenvalue weighted by Crippen LogP contribution is 2.27. The molecule has 2 N–H and O–H groups in total. The first-order valence-corrected chi connectivity index (χ1v) is 8.74. The van der Waals surface area contributed by atoms with E-state index in [2.05, 4.69) is 10.3 Å². The van der Waals surface area contributed by atoms with E-state index in [1.54, 1.807) is 6.92 Å². The molecule has 3 rings (SSSR count). The number of aromatic amines is 1. The molecule has 0 aliphatic rings. The number of rotatable bonds is 4. The van der Waals surface area contributed by atoms with Gasteiger partial charge in [-0.1, -0.05) is 0 Å². The second-order valence-electron chi connectivity index (χ2n) is 6.70. The van der Waals surface area contributed by atoms with Crippen LogP contribution in [0.5, 0.6) is 0 Å². The molecule has 0 spiro atoms. The van der Waals surface area contributed by atoms with Gasteiger partial charge in [-0.05, 0) is 47.7 Å². The SMILES string of the molecule is CC(c1c[nH]c(=O)c2cc(F)c(F)cc12)N(C)C(=O)NCc1cc(F)c(F)c(F)c1. The molecule has 158 valence electrons. The summed E-state index contributed by atoms with van der Waals surface area (Å²) in [5.74, 6) is -6.69. The van der Waals surface area contributed by atoms with E-state index in [1.165, 1.54) is 18.1 Å². The molecule has 3 aromatic rings. The fourth-order valence-electron chi connectivity index (χ4n) is 3.01. The van der Waals surface area contributed by atoms with E-state index in [9.17, 15) is 31.5 Å². The average Bonchev–Trinajstić information content (AvgIpc) is 2.70. The smallest absolute Gasteiger partial charge is 0.317 e. The van der Waals surface area contributed by atoms with E-state index in [0.717, 1.165) is 24.3 Å². The Balaban J connectivity index is 1.82. The van der Waals surface area contributed by atoms with Crippen molar-refractivity contribution < 1.29 is 26.7 Å². The summed E-state index contributed by atoms with van der Waals surface area (Å²) >= 11 is 0. The van der Waals surface area contributed by atoms with Crippen molar-refractivity contribution in [1.82, 2.24) is 15.2 Å². The van der Waals surface area contributed by atoms with E-state index >= 15 is 0 Å². The van der Waals surface area contributed by atoms with Gasteiger partial charge < -0.3 is 15.2 Å². The molecule has 0 saturated carbocycles. The third kappa shape index (κ3) is 3.98. The number of carbonyl (C=O) groups excluding carboxylic acids is 1. The van der Waals surface area contributed by atoms with Crippen LogP contribution in [0.25, 0.3) is 10.8 Å². The molecule has 2 aromatic carbocycles. The lowest BCUT2D eigenvalue weighted by molar-refractivity contribution is 0.194.